The molecule has 106 valence electrons. The summed E-state index contributed by atoms with van der Waals surface area (Å²) in [5.41, 5.74) is 0. The molecule has 2 N–H and O–H groups in total. The van der Waals surface area contributed by atoms with Crippen LogP contribution in [0.25, 0.3) is 0 Å². The molecule has 1 saturated heterocycles. The second-order valence-corrected chi connectivity index (χ2v) is 5.44. The van der Waals surface area contributed by atoms with Gasteiger partial charge in [0.1, 0.15) is 6.04 Å². The average molecular weight is 268 g/mol. The number of likely N-dealkylation sites (tertiary alicyclic amines) is 1. The number of aliphatic carboxylic acids is 1. The summed E-state index contributed by atoms with van der Waals surface area (Å²) >= 11 is 0. The molecule has 2 rings (SSSR count). The molecule has 0 bridgehead atoms. The first-order chi connectivity index (χ1) is 8.99. The molecule has 2 aliphatic rings. The van der Waals surface area contributed by atoms with Gasteiger partial charge in [0.25, 0.3) is 0 Å². The van der Waals surface area contributed by atoms with Gasteiger partial charge in [-0.1, -0.05) is 0 Å². The molecule has 0 aromatic rings. The number of hydrogen-bond acceptors (Lipinski definition) is 3. The van der Waals surface area contributed by atoms with E-state index >= 15 is 0 Å². The monoisotopic (exact) mass is 268 g/mol. The van der Waals surface area contributed by atoms with Gasteiger partial charge in [-0.3, -0.25) is 14.4 Å². The third kappa shape index (κ3) is 3.45. The molecule has 2 amide bonds. The van der Waals surface area contributed by atoms with Gasteiger partial charge in [0.05, 0.1) is 0 Å². The van der Waals surface area contributed by atoms with Crippen LogP contribution in [0.5, 0.6) is 0 Å². The van der Waals surface area contributed by atoms with E-state index < -0.39 is 12.0 Å². The Labute approximate surface area is 112 Å². The van der Waals surface area contributed by atoms with E-state index in [9.17, 15) is 14.4 Å². The maximum Gasteiger partial charge on any atom is 0.325 e. The minimum atomic E-state index is -1.03. The van der Waals surface area contributed by atoms with Crippen LogP contribution in [0.2, 0.25) is 0 Å². The number of hydrogen-bond donors (Lipinski definition) is 2. The molecule has 0 unspecified atom stereocenters. The van der Waals surface area contributed by atoms with Gasteiger partial charge in [-0.05, 0) is 32.6 Å². The molecule has 0 aromatic carbocycles. The number of amides is 2. The highest BCUT2D eigenvalue weighted by Crippen LogP contribution is 2.32. The largest absolute Gasteiger partial charge is 0.480 e. The first-order valence-electron chi connectivity index (χ1n) is 6.81. The lowest BCUT2D eigenvalue weighted by molar-refractivity contribution is -0.142. The van der Waals surface area contributed by atoms with Crippen molar-refractivity contribution in [3.63, 3.8) is 0 Å². The summed E-state index contributed by atoms with van der Waals surface area (Å²) in [5, 5.41) is 11.2. The molecule has 19 heavy (non-hydrogen) atoms. The quantitative estimate of drug-likeness (QED) is 0.764. The Bertz CT molecular complexity index is 384. The van der Waals surface area contributed by atoms with Crippen molar-refractivity contribution in [3.05, 3.63) is 0 Å². The van der Waals surface area contributed by atoms with Crippen molar-refractivity contribution in [3.8, 4) is 0 Å². The predicted octanol–water partition coefficient (Wildman–Crippen LogP) is 0.224. The Morgan fingerprint density at radius 1 is 1.11 bits per heavy atom. The summed E-state index contributed by atoms with van der Waals surface area (Å²) in [6, 6.07) is -0.862. The predicted molar refractivity (Wildman–Crippen MR) is 67.3 cm³/mol. The Morgan fingerprint density at radius 3 is 2.16 bits per heavy atom. The summed E-state index contributed by atoms with van der Waals surface area (Å²) in [4.78, 5) is 36.2. The summed E-state index contributed by atoms with van der Waals surface area (Å²) in [5.74, 6) is -0.983. The minimum Gasteiger partial charge on any atom is -0.480 e. The van der Waals surface area contributed by atoms with Crippen molar-refractivity contribution >= 4 is 17.8 Å². The molecule has 1 heterocycles. The van der Waals surface area contributed by atoms with Crippen molar-refractivity contribution in [1.82, 2.24) is 10.2 Å². The molecule has 1 atom stereocenters. The lowest BCUT2D eigenvalue weighted by atomic mass is 9.95. The first-order valence-corrected chi connectivity index (χ1v) is 6.81. The van der Waals surface area contributed by atoms with Gasteiger partial charge >= 0.3 is 5.97 Å². The molecule has 0 aromatic heterocycles. The maximum atomic E-state index is 11.9. The van der Waals surface area contributed by atoms with Crippen LogP contribution in [-0.2, 0) is 14.4 Å². The summed E-state index contributed by atoms with van der Waals surface area (Å²) < 4.78 is 0. The number of carboxylic acid groups (broad SMARTS) is 1. The van der Waals surface area contributed by atoms with Gasteiger partial charge in [0, 0.05) is 24.9 Å². The number of carbonyl (C=O) groups excluding carboxylic acids is 2. The van der Waals surface area contributed by atoms with Crippen LogP contribution in [0.3, 0.4) is 0 Å². The van der Waals surface area contributed by atoms with Crippen LogP contribution in [-0.4, -0.2) is 46.9 Å². The van der Waals surface area contributed by atoms with Crippen molar-refractivity contribution in [2.75, 3.05) is 13.1 Å². The minimum absolute atomic E-state index is 0.176. The molecule has 2 fully saturated rings. The van der Waals surface area contributed by atoms with E-state index in [2.05, 4.69) is 5.32 Å². The first kappa shape index (κ1) is 13.8. The molecule has 1 saturated carbocycles. The highest BCUT2D eigenvalue weighted by Gasteiger charge is 2.36. The zero-order valence-electron chi connectivity index (χ0n) is 11.1. The van der Waals surface area contributed by atoms with Gasteiger partial charge < -0.3 is 15.3 Å². The second kappa shape index (κ2) is 5.59. The Kier molecular flexibility index (Phi) is 4.07. The highest BCUT2D eigenvalue weighted by molar-refractivity contribution is 5.85. The van der Waals surface area contributed by atoms with E-state index in [-0.39, 0.29) is 23.7 Å². The van der Waals surface area contributed by atoms with E-state index in [0.717, 1.165) is 12.8 Å². The molecular weight excluding hydrogens is 248 g/mol. The molecule has 0 radical (unpaired) electrons. The standard InChI is InChI=1S/C13H20N2O4/c1-8(13(18)19)14-11(16)9-4-6-15(7-5-9)12(17)10-2-3-10/h8-10H,2-7H2,1H3,(H,14,16)(H,18,19)/t8-/m0/s1. The Balaban J connectivity index is 1.77. The summed E-state index contributed by atoms with van der Waals surface area (Å²) in [6.45, 7) is 2.66. The van der Waals surface area contributed by atoms with Crippen LogP contribution in [0.4, 0.5) is 0 Å². The molecule has 1 aliphatic carbocycles. The Hall–Kier alpha value is -1.59. The lowest BCUT2D eigenvalue weighted by Gasteiger charge is -2.31. The molecule has 6 nitrogen and oxygen atoms in total. The zero-order chi connectivity index (χ0) is 14.0. The van der Waals surface area contributed by atoms with Crippen LogP contribution >= 0.6 is 0 Å². The fourth-order valence-electron chi connectivity index (χ4n) is 2.34. The number of carbonyl (C=O) groups is 3. The van der Waals surface area contributed by atoms with Gasteiger partial charge in [-0.25, -0.2) is 0 Å². The van der Waals surface area contributed by atoms with Crippen molar-refractivity contribution < 1.29 is 19.5 Å². The van der Waals surface area contributed by atoms with Gasteiger partial charge in [0.2, 0.25) is 11.8 Å². The van der Waals surface area contributed by atoms with E-state index in [0.29, 0.717) is 25.9 Å². The SMILES string of the molecule is C[C@H](NC(=O)C1CCN(C(=O)C2CC2)CC1)C(=O)O. The van der Waals surface area contributed by atoms with Gasteiger partial charge in [-0.2, -0.15) is 0 Å². The van der Waals surface area contributed by atoms with Crippen molar-refractivity contribution in [2.45, 2.75) is 38.6 Å². The third-order valence-electron chi connectivity index (χ3n) is 3.83. The highest BCUT2D eigenvalue weighted by atomic mass is 16.4. The Morgan fingerprint density at radius 2 is 1.68 bits per heavy atom. The number of piperidine rings is 1. The topological polar surface area (TPSA) is 86.7 Å². The normalized spacial score (nSPS) is 21.8. The van der Waals surface area contributed by atoms with Crippen molar-refractivity contribution in [2.24, 2.45) is 11.8 Å². The van der Waals surface area contributed by atoms with Crippen LogP contribution < -0.4 is 5.32 Å². The second-order valence-electron chi connectivity index (χ2n) is 5.44. The van der Waals surface area contributed by atoms with E-state index in [4.69, 9.17) is 5.11 Å². The van der Waals surface area contributed by atoms with E-state index in [1.165, 1.54) is 6.92 Å². The van der Waals surface area contributed by atoms with Crippen LogP contribution in [0.15, 0.2) is 0 Å². The van der Waals surface area contributed by atoms with Crippen molar-refractivity contribution in [1.29, 1.82) is 0 Å². The smallest absolute Gasteiger partial charge is 0.325 e. The van der Waals surface area contributed by atoms with Crippen LogP contribution in [0, 0.1) is 11.8 Å². The fraction of sp³-hybridized carbons (Fsp3) is 0.769. The number of nitrogens with one attached hydrogen (secondary N) is 1. The van der Waals surface area contributed by atoms with Gasteiger partial charge in [-0.15, -0.1) is 0 Å². The third-order valence-corrected chi connectivity index (χ3v) is 3.83. The average Bonchev–Trinajstić information content (AvgIpc) is 3.22. The van der Waals surface area contributed by atoms with Crippen LogP contribution in [0.1, 0.15) is 32.6 Å². The zero-order valence-corrected chi connectivity index (χ0v) is 11.1. The number of rotatable bonds is 4. The maximum absolute atomic E-state index is 11.9. The molecular formula is C13H20N2O4. The number of carboxylic acids is 1. The molecule has 1 aliphatic heterocycles. The molecule has 6 heteroatoms. The van der Waals surface area contributed by atoms with Gasteiger partial charge in [0.15, 0.2) is 0 Å². The van der Waals surface area contributed by atoms with E-state index in [1.54, 1.807) is 0 Å². The van der Waals surface area contributed by atoms with E-state index in [1.807, 2.05) is 4.90 Å². The molecule has 0 spiro atoms. The summed E-state index contributed by atoms with van der Waals surface area (Å²) in [7, 11) is 0. The fourth-order valence-corrected chi connectivity index (χ4v) is 2.34. The summed E-state index contributed by atoms with van der Waals surface area (Å²) in [6.07, 6.45) is 3.23. The number of nitrogens with zero attached hydrogens (tertiary/aromatic N) is 1. The lowest BCUT2D eigenvalue weighted by Crippen LogP contribution is -2.46.